The van der Waals surface area contributed by atoms with Crippen LogP contribution in [-0.4, -0.2) is 32.8 Å². The molecule has 0 heterocycles. The first-order valence-corrected chi connectivity index (χ1v) is 8.52. The second-order valence-corrected chi connectivity index (χ2v) is 5.85. The van der Waals surface area contributed by atoms with E-state index in [2.05, 4.69) is 17.6 Å². The van der Waals surface area contributed by atoms with Crippen LogP contribution in [0.15, 0.2) is 23.2 Å². The van der Waals surface area contributed by atoms with Crippen molar-refractivity contribution >= 4 is 29.9 Å². The third-order valence-corrected chi connectivity index (χ3v) is 4.19. The summed E-state index contributed by atoms with van der Waals surface area (Å²) in [7, 11) is 3.33. The molecule has 0 atom stereocenters. The molecule has 1 aromatic rings. The van der Waals surface area contributed by atoms with Gasteiger partial charge in [0, 0.05) is 24.2 Å². The summed E-state index contributed by atoms with van der Waals surface area (Å²) in [5, 5.41) is 6.89. The number of hydrogen-bond donors (Lipinski definition) is 2. The summed E-state index contributed by atoms with van der Waals surface area (Å²) in [5.41, 5.74) is 1.05. The van der Waals surface area contributed by atoms with Crippen LogP contribution < -0.4 is 20.1 Å². The zero-order chi connectivity index (χ0) is 16.5. The van der Waals surface area contributed by atoms with Crippen LogP contribution in [0.3, 0.4) is 0 Å². The van der Waals surface area contributed by atoms with Crippen molar-refractivity contribution in [2.75, 3.05) is 20.8 Å². The molecular weight excluding hydrogens is 417 g/mol. The van der Waals surface area contributed by atoms with Gasteiger partial charge in [0.05, 0.1) is 20.8 Å². The number of aliphatic imine (C=N–C) groups is 1. The van der Waals surface area contributed by atoms with Crippen molar-refractivity contribution in [3.8, 4) is 11.5 Å². The fourth-order valence-electron chi connectivity index (χ4n) is 2.91. The second-order valence-electron chi connectivity index (χ2n) is 5.85. The standard InChI is InChI=1S/C18H29N3O2.HI/c1-4-19-18(21-15-8-6-5-7-9-15)20-13-14-10-11-16(22-2)12-17(14)23-3;/h10-12,15H,4-9,13H2,1-3H3,(H2,19,20,21);1H. The molecule has 24 heavy (non-hydrogen) atoms. The molecule has 0 saturated heterocycles. The molecule has 0 bridgehead atoms. The summed E-state index contributed by atoms with van der Waals surface area (Å²) in [4.78, 5) is 4.72. The highest BCUT2D eigenvalue weighted by molar-refractivity contribution is 14.0. The quantitative estimate of drug-likeness (QED) is 0.397. The smallest absolute Gasteiger partial charge is 0.191 e. The zero-order valence-corrected chi connectivity index (χ0v) is 17.3. The fraction of sp³-hybridized carbons (Fsp3) is 0.611. The minimum atomic E-state index is 0. The molecule has 2 N–H and O–H groups in total. The van der Waals surface area contributed by atoms with E-state index in [0.717, 1.165) is 29.6 Å². The average Bonchev–Trinajstić information content (AvgIpc) is 2.60. The van der Waals surface area contributed by atoms with Crippen molar-refractivity contribution in [1.82, 2.24) is 10.6 Å². The molecule has 0 aliphatic heterocycles. The van der Waals surface area contributed by atoms with Crippen molar-refractivity contribution in [3.05, 3.63) is 23.8 Å². The van der Waals surface area contributed by atoms with E-state index in [4.69, 9.17) is 14.5 Å². The molecule has 136 valence electrons. The number of halogens is 1. The number of rotatable bonds is 6. The Morgan fingerprint density at radius 2 is 1.92 bits per heavy atom. The highest BCUT2D eigenvalue weighted by Crippen LogP contribution is 2.25. The van der Waals surface area contributed by atoms with Crippen molar-refractivity contribution in [2.24, 2.45) is 4.99 Å². The van der Waals surface area contributed by atoms with Crippen molar-refractivity contribution in [3.63, 3.8) is 0 Å². The first-order chi connectivity index (χ1) is 11.3. The molecular formula is C18H30IN3O2. The first-order valence-electron chi connectivity index (χ1n) is 8.52. The number of nitrogens with one attached hydrogen (secondary N) is 2. The van der Waals surface area contributed by atoms with Gasteiger partial charge in [-0.15, -0.1) is 24.0 Å². The van der Waals surface area contributed by atoms with Crippen LogP contribution in [0.25, 0.3) is 0 Å². The number of guanidine groups is 1. The van der Waals surface area contributed by atoms with E-state index in [1.165, 1.54) is 32.1 Å². The third kappa shape index (κ3) is 6.37. The molecule has 0 spiro atoms. The van der Waals surface area contributed by atoms with Crippen LogP contribution >= 0.6 is 24.0 Å². The Labute approximate surface area is 162 Å². The van der Waals surface area contributed by atoms with Gasteiger partial charge >= 0.3 is 0 Å². The average molecular weight is 447 g/mol. The van der Waals surface area contributed by atoms with E-state index < -0.39 is 0 Å². The molecule has 0 amide bonds. The normalized spacial score (nSPS) is 15.4. The lowest BCUT2D eigenvalue weighted by molar-refractivity contribution is 0.391. The van der Waals surface area contributed by atoms with Gasteiger partial charge in [-0.05, 0) is 31.9 Å². The summed E-state index contributed by atoms with van der Waals surface area (Å²) in [6, 6.07) is 6.38. The largest absolute Gasteiger partial charge is 0.497 e. The molecule has 1 aliphatic rings. The van der Waals surface area contributed by atoms with Crippen LogP contribution in [0.2, 0.25) is 0 Å². The van der Waals surface area contributed by atoms with Crippen LogP contribution in [0, 0.1) is 0 Å². The maximum atomic E-state index is 5.44. The predicted molar refractivity (Wildman–Crippen MR) is 110 cm³/mol. The molecule has 1 aromatic carbocycles. The van der Waals surface area contributed by atoms with E-state index in [9.17, 15) is 0 Å². The Morgan fingerprint density at radius 1 is 1.17 bits per heavy atom. The Hall–Kier alpha value is -1.18. The predicted octanol–water partition coefficient (Wildman–Crippen LogP) is 3.71. The topological polar surface area (TPSA) is 54.9 Å². The summed E-state index contributed by atoms with van der Waals surface area (Å²) in [5.74, 6) is 2.49. The van der Waals surface area contributed by atoms with Gasteiger partial charge < -0.3 is 20.1 Å². The fourth-order valence-corrected chi connectivity index (χ4v) is 2.91. The lowest BCUT2D eigenvalue weighted by Crippen LogP contribution is -2.44. The summed E-state index contributed by atoms with van der Waals surface area (Å²) in [6.07, 6.45) is 6.44. The van der Waals surface area contributed by atoms with Crippen molar-refractivity contribution in [1.29, 1.82) is 0 Å². The molecule has 1 saturated carbocycles. The number of benzene rings is 1. The molecule has 1 aliphatic carbocycles. The third-order valence-electron chi connectivity index (χ3n) is 4.19. The number of ether oxygens (including phenoxy) is 2. The first kappa shape index (κ1) is 20.9. The Morgan fingerprint density at radius 3 is 2.54 bits per heavy atom. The summed E-state index contributed by atoms with van der Waals surface area (Å²) in [6.45, 7) is 3.53. The van der Waals surface area contributed by atoms with Gasteiger partial charge in [0.15, 0.2) is 5.96 Å². The van der Waals surface area contributed by atoms with E-state index in [-0.39, 0.29) is 24.0 Å². The van der Waals surface area contributed by atoms with Crippen molar-refractivity contribution < 1.29 is 9.47 Å². The molecule has 6 heteroatoms. The van der Waals surface area contributed by atoms with Gasteiger partial charge in [-0.3, -0.25) is 0 Å². The molecule has 2 rings (SSSR count). The van der Waals surface area contributed by atoms with Gasteiger partial charge in [0.2, 0.25) is 0 Å². The highest BCUT2D eigenvalue weighted by atomic mass is 127. The lowest BCUT2D eigenvalue weighted by Gasteiger charge is -2.25. The van der Waals surface area contributed by atoms with Crippen LogP contribution in [0.4, 0.5) is 0 Å². The molecule has 0 unspecified atom stereocenters. The minimum absolute atomic E-state index is 0. The Kier molecular flexibility index (Phi) is 9.90. The Bertz CT molecular complexity index is 517. The molecule has 0 radical (unpaired) electrons. The summed E-state index contributed by atoms with van der Waals surface area (Å²) < 4.78 is 10.7. The minimum Gasteiger partial charge on any atom is -0.497 e. The van der Waals surface area contributed by atoms with Crippen LogP contribution in [-0.2, 0) is 6.54 Å². The second kappa shape index (κ2) is 11.4. The number of methoxy groups -OCH3 is 2. The number of nitrogens with zero attached hydrogens (tertiary/aromatic N) is 1. The van der Waals surface area contributed by atoms with Gasteiger partial charge in [-0.2, -0.15) is 0 Å². The van der Waals surface area contributed by atoms with Crippen LogP contribution in [0.5, 0.6) is 11.5 Å². The van der Waals surface area contributed by atoms with Crippen molar-refractivity contribution in [2.45, 2.75) is 51.6 Å². The molecule has 0 aromatic heterocycles. The maximum absolute atomic E-state index is 5.44. The summed E-state index contributed by atoms with van der Waals surface area (Å²) >= 11 is 0. The molecule has 1 fully saturated rings. The van der Waals surface area contributed by atoms with E-state index in [1.807, 2.05) is 18.2 Å². The van der Waals surface area contributed by atoms with Gasteiger partial charge in [-0.1, -0.05) is 19.3 Å². The Balaban J connectivity index is 0.00000288. The molecule has 5 nitrogen and oxygen atoms in total. The van der Waals surface area contributed by atoms with Crippen LogP contribution in [0.1, 0.15) is 44.6 Å². The highest BCUT2D eigenvalue weighted by Gasteiger charge is 2.14. The van der Waals surface area contributed by atoms with Gasteiger partial charge in [-0.25, -0.2) is 4.99 Å². The maximum Gasteiger partial charge on any atom is 0.191 e. The zero-order valence-electron chi connectivity index (χ0n) is 14.9. The SMILES string of the molecule is CCNC(=NCc1ccc(OC)cc1OC)NC1CCCCC1.I. The van der Waals surface area contributed by atoms with Gasteiger partial charge in [0.1, 0.15) is 11.5 Å². The van der Waals surface area contributed by atoms with Gasteiger partial charge in [0.25, 0.3) is 0 Å². The van der Waals surface area contributed by atoms with E-state index >= 15 is 0 Å². The number of hydrogen-bond acceptors (Lipinski definition) is 3. The lowest BCUT2D eigenvalue weighted by atomic mass is 9.96. The monoisotopic (exact) mass is 447 g/mol. The van der Waals surface area contributed by atoms with E-state index in [0.29, 0.717) is 12.6 Å². The van der Waals surface area contributed by atoms with E-state index in [1.54, 1.807) is 14.2 Å².